The number of hydrogen-bond donors (Lipinski definition) is 7. The molecule has 4 aliphatic carbocycles. The predicted molar refractivity (Wildman–Crippen MR) is 183 cm³/mol. The number of hydrogen-bond acceptors (Lipinski definition) is 13. The van der Waals surface area contributed by atoms with Gasteiger partial charge in [0.1, 0.15) is 41.4 Å². The molecular formula is C38H61NO12. The van der Waals surface area contributed by atoms with E-state index in [4.69, 9.17) is 19.9 Å². The first-order valence-corrected chi connectivity index (χ1v) is 18.4. The topological polar surface area (TPSA) is 226 Å². The molecule has 3 saturated carbocycles. The van der Waals surface area contributed by atoms with Crippen LogP contribution in [0.1, 0.15) is 101 Å². The van der Waals surface area contributed by atoms with Gasteiger partial charge in [0.05, 0.1) is 18.8 Å². The Morgan fingerprint density at radius 1 is 1.02 bits per heavy atom. The Morgan fingerprint density at radius 3 is 2.24 bits per heavy atom. The second-order valence-electron chi connectivity index (χ2n) is 18.2. The second-order valence-corrected chi connectivity index (χ2v) is 18.2. The van der Waals surface area contributed by atoms with E-state index in [-0.39, 0.29) is 43.3 Å². The lowest BCUT2D eigenvalue weighted by atomic mass is 9.38. The van der Waals surface area contributed by atoms with E-state index in [1.54, 1.807) is 13.8 Å². The number of nitrogens with two attached hydrogens (primary N) is 1. The van der Waals surface area contributed by atoms with Crippen LogP contribution in [0.2, 0.25) is 0 Å². The zero-order chi connectivity index (χ0) is 38.4. The minimum Gasteiger partial charge on any atom is -0.460 e. The number of carbonyl (C=O) groups is 3. The summed E-state index contributed by atoms with van der Waals surface area (Å²) in [4.78, 5) is 40.8. The molecule has 0 aromatic carbocycles. The van der Waals surface area contributed by atoms with Gasteiger partial charge in [0.15, 0.2) is 12.1 Å². The van der Waals surface area contributed by atoms with Crippen molar-refractivity contribution in [3.8, 4) is 0 Å². The van der Waals surface area contributed by atoms with E-state index in [2.05, 4.69) is 13.0 Å². The van der Waals surface area contributed by atoms with Crippen LogP contribution in [0.15, 0.2) is 11.6 Å². The van der Waals surface area contributed by atoms with Gasteiger partial charge >= 0.3 is 5.97 Å². The largest absolute Gasteiger partial charge is 0.460 e. The Bertz CT molecular complexity index is 1420. The molecule has 5 aliphatic rings. The molecule has 2 unspecified atom stereocenters. The summed E-state index contributed by atoms with van der Waals surface area (Å²) in [6, 6.07) is -0.501. The molecule has 1 heterocycles. The van der Waals surface area contributed by atoms with Crippen molar-refractivity contribution < 1.29 is 59.2 Å². The lowest BCUT2D eigenvalue weighted by molar-refractivity contribution is -0.317. The molecule has 0 amide bonds. The molecule has 15 atom stereocenters. The van der Waals surface area contributed by atoms with Crippen molar-refractivity contribution in [1.82, 2.24) is 0 Å². The second kappa shape index (κ2) is 13.2. The fraction of sp³-hybridized carbons (Fsp3) is 0.868. The molecule has 0 radical (unpaired) electrons. The van der Waals surface area contributed by atoms with Crippen molar-refractivity contribution in [3.63, 3.8) is 0 Å². The summed E-state index contributed by atoms with van der Waals surface area (Å²) in [5, 5.41) is 65.5. The van der Waals surface area contributed by atoms with Crippen LogP contribution in [-0.2, 0) is 28.6 Å². The molecule has 1 aliphatic heterocycles. The third kappa shape index (κ3) is 6.16. The van der Waals surface area contributed by atoms with Crippen LogP contribution in [0, 0.1) is 39.4 Å². The number of esters is 1. The molecule has 0 spiro atoms. The van der Waals surface area contributed by atoms with Crippen LogP contribution in [0.5, 0.6) is 0 Å². The van der Waals surface area contributed by atoms with E-state index in [1.807, 2.05) is 27.7 Å². The maximum Gasteiger partial charge on any atom is 0.303 e. The Morgan fingerprint density at radius 2 is 1.65 bits per heavy atom. The lowest BCUT2D eigenvalue weighted by Gasteiger charge is -2.65. The van der Waals surface area contributed by atoms with Gasteiger partial charge in [-0.1, -0.05) is 46.3 Å². The van der Waals surface area contributed by atoms with E-state index in [9.17, 15) is 45.0 Å². The molecule has 4 fully saturated rings. The van der Waals surface area contributed by atoms with Gasteiger partial charge in [0.25, 0.3) is 0 Å². The lowest BCUT2D eigenvalue weighted by Crippen LogP contribution is -2.66. The molecule has 0 aromatic heterocycles. The quantitative estimate of drug-likeness (QED) is 0.132. The fourth-order valence-corrected chi connectivity index (χ4v) is 11.3. The van der Waals surface area contributed by atoms with Gasteiger partial charge in [-0.15, -0.1) is 0 Å². The minimum atomic E-state index is -2.09. The van der Waals surface area contributed by atoms with E-state index >= 15 is 0 Å². The first-order chi connectivity index (χ1) is 23.3. The number of aliphatic hydroxyl groups is 6. The molecule has 0 aromatic rings. The molecule has 8 N–H and O–H groups in total. The van der Waals surface area contributed by atoms with Crippen LogP contribution < -0.4 is 5.73 Å². The van der Waals surface area contributed by atoms with Crippen molar-refractivity contribution in [3.05, 3.63) is 11.6 Å². The summed E-state index contributed by atoms with van der Waals surface area (Å²) in [5.41, 5.74) is 1.23. The summed E-state index contributed by atoms with van der Waals surface area (Å²) in [7, 11) is 0. The zero-order valence-corrected chi connectivity index (χ0v) is 31.6. The minimum absolute atomic E-state index is 0.00949. The highest BCUT2D eigenvalue weighted by atomic mass is 16.7. The van der Waals surface area contributed by atoms with Crippen LogP contribution in [0.25, 0.3) is 0 Å². The molecule has 13 heteroatoms. The van der Waals surface area contributed by atoms with Gasteiger partial charge in [-0.25, -0.2) is 0 Å². The van der Waals surface area contributed by atoms with Crippen molar-refractivity contribution in [2.45, 2.75) is 161 Å². The number of aliphatic hydroxyl groups excluding tert-OH is 5. The zero-order valence-electron chi connectivity index (χ0n) is 31.6. The Hall–Kier alpha value is -1.81. The third-order valence-electron chi connectivity index (χ3n) is 14.5. The average molecular weight is 724 g/mol. The highest BCUT2D eigenvalue weighted by Crippen LogP contribution is 2.74. The number of allylic oxidation sites excluding steroid dienone is 1. The maximum atomic E-state index is 14.9. The van der Waals surface area contributed by atoms with E-state index in [0.29, 0.717) is 12.8 Å². The number of ketones is 2. The van der Waals surface area contributed by atoms with Gasteiger partial charge in [0.2, 0.25) is 0 Å². The van der Waals surface area contributed by atoms with E-state index in [1.165, 1.54) is 13.8 Å². The van der Waals surface area contributed by atoms with Crippen LogP contribution >= 0.6 is 0 Å². The monoisotopic (exact) mass is 723 g/mol. The fourth-order valence-electron chi connectivity index (χ4n) is 11.3. The number of ether oxygens (including phenoxy) is 3. The summed E-state index contributed by atoms with van der Waals surface area (Å²) in [6.45, 7) is 15.3. The van der Waals surface area contributed by atoms with Crippen molar-refractivity contribution >= 4 is 17.5 Å². The van der Waals surface area contributed by atoms with Crippen molar-refractivity contribution in [2.75, 3.05) is 6.61 Å². The van der Waals surface area contributed by atoms with E-state index < -0.39 is 106 Å². The number of carbonyl (C=O) groups excluding carboxylic acids is 3. The van der Waals surface area contributed by atoms with Gasteiger partial charge in [0, 0.05) is 42.6 Å². The first-order valence-electron chi connectivity index (χ1n) is 18.4. The van der Waals surface area contributed by atoms with Crippen LogP contribution in [0.3, 0.4) is 0 Å². The van der Waals surface area contributed by atoms with Crippen LogP contribution in [0.4, 0.5) is 0 Å². The Labute approximate surface area is 300 Å². The number of fused-ring (bicyclic) bond motifs is 5. The third-order valence-corrected chi connectivity index (χ3v) is 14.5. The molecule has 5 rings (SSSR count). The van der Waals surface area contributed by atoms with Gasteiger partial charge in [-0.3, -0.25) is 14.4 Å². The summed E-state index contributed by atoms with van der Waals surface area (Å²) >= 11 is 0. The molecular weight excluding hydrogens is 662 g/mol. The Balaban J connectivity index is 1.59. The summed E-state index contributed by atoms with van der Waals surface area (Å²) in [5.74, 6) is -2.70. The summed E-state index contributed by atoms with van der Waals surface area (Å²) < 4.78 is 17.6. The Kier molecular flexibility index (Phi) is 10.4. The summed E-state index contributed by atoms with van der Waals surface area (Å²) in [6.07, 6.45) is -6.45. The smallest absolute Gasteiger partial charge is 0.303 e. The molecule has 290 valence electrons. The molecule has 0 bridgehead atoms. The van der Waals surface area contributed by atoms with E-state index in [0.717, 1.165) is 5.57 Å². The SMILES string of the molecule is CC(=O)OC(C)(C)CCC(=O)[C@](C)(O)C1[C@H](O[C@H]2O[C@H](CO)[C@@H](O)[C@H](O)[C@H]2O)C[C@@]2(C)[C@@H]3CC=C4[C@@H](C[C@H](O)C(N)C4(C)C)[C@]3(C)C(=O)C[C@]12C. The number of Topliss-reactive ketones (excluding diaryl/α,β-unsaturated/α-hetero) is 2. The maximum absolute atomic E-state index is 14.9. The van der Waals surface area contributed by atoms with Gasteiger partial charge in [-0.05, 0) is 69.1 Å². The predicted octanol–water partition coefficient (Wildman–Crippen LogP) is 1.31. The van der Waals surface area contributed by atoms with Crippen molar-refractivity contribution in [1.29, 1.82) is 0 Å². The van der Waals surface area contributed by atoms with Gasteiger partial charge < -0.3 is 50.6 Å². The highest BCUT2D eigenvalue weighted by Gasteiger charge is 2.75. The molecule has 13 nitrogen and oxygen atoms in total. The first kappa shape index (κ1) is 40.4. The number of rotatable bonds is 9. The molecule has 1 saturated heterocycles. The average Bonchev–Trinajstić information content (AvgIpc) is 3.25. The normalized spacial score (nSPS) is 46.2. The van der Waals surface area contributed by atoms with Crippen LogP contribution in [-0.4, -0.2) is 115 Å². The van der Waals surface area contributed by atoms with Crippen molar-refractivity contribution in [2.24, 2.45) is 45.1 Å². The molecule has 51 heavy (non-hydrogen) atoms. The standard InChI is InChI=1S/C38H61NO12/c1-18(41)51-33(2,3)13-12-25(43)38(9,48)30-22(49-32-29(47)28(46)27(45)23(17-40)50-32)15-35(6)24-11-10-19-20(14-21(42)31(39)34(19,4)5)37(24,8)26(44)16-36(30,35)7/h10,20-24,27-32,40,42,45-48H,11-17,39H2,1-9H3/t20-,21+,22-,23-,24+,27-,28+,29-,30?,31?,32+,35+,36-,37+,38+/m1/s1. The highest BCUT2D eigenvalue weighted by molar-refractivity contribution is 5.90. The van der Waals surface area contributed by atoms with Gasteiger partial charge in [-0.2, -0.15) is 0 Å².